The lowest BCUT2D eigenvalue weighted by molar-refractivity contribution is 0.557. The molecular formula is C12H18Cl2F2S2. The van der Waals surface area contributed by atoms with Gasteiger partial charge in [-0.15, -0.1) is 0 Å². The van der Waals surface area contributed by atoms with Crippen molar-refractivity contribution in [3.05, 3.63) is 21.7 Å². The fourth-order valence-electron chi connectivity index (χ4n) is 1.67. The highest BCUT2D eigenvalue weighted by Crippen LogP contribution is 2.58. The number of halogens is 4. The van der Waals surface area contributed by atoms with Gasteiger partial charge < -0.3 is 0 Å². The molecule has 0 aliphatic carbocycles. The molecular weight excluding hydrogens is 317 g/mol. The third-order valence-corrected chi connectivity index (χ3v) is 6.56. The van der Waals surface area contributed by atoms with E-state index in [0.717, 1.165) is 0 Å². The Balaban J connectivity index is 3.79. The van der Waals surface area contributed by atoms with Crippen LogP contribution < -0.4 is 0 Å². The smallest absolute Gasteiger partial charge is 0.156 e. The van der Waals surface area contributed by atoms with Gasteiger partial charge in [0, 0.05) is 9.79 Å². The average molecular weight is 335 g/mol. The van der Waals surface area contributed by atoms with Gasteiger partial charge in [-0.05, 0) is 37.5 Å². The average Bonchev–Trinajstić information content (AvgIpc) is 2.10. The van der Waals surface area contributed by atoms with Crippen LogP contribution in [0, 0.1) is 11.6 Å². The second kappa shape index (κ2) is 5.04. The van der Waals surface area contributed by atoms with Crippen molar-refractivity contribution in [2.75, 3.05) is 37.5 Å². The molecule has 0 amide bonds. The van der Waals surface area contributed by atoms with Gasteiger partial charge in [-0.2, -0.15) is 0 Å². The minimum Gasteiger partial charge on any atom is -0.219 e. The van der Waals surface area contributed by atoms with Crippen LogP contribution in [0.5, 0.6) is 0 Å². The van der Waals surface area contributed by atoms with Crippen molar-refractivity contribution in [3.63, 3.8) is 0 Å². The highest BCUT2D eigenvalue weighted by molar-refractivity contribution is 8.32. The quantitative estimate of drug-likeness (QED) is 0.637. The largest absolute Gasteiger partial charge is 0.219 e. The molecule has 0 aliphatic rings. The summed E-state index contributed by atoms with van der Waals surface area (Å²) < 4.78 is 28.8. The lowest BCUT2D eigenvalue weighted by atomic mass is 10.3. The van der Waals surface area contributed by atoms with Crippen LogP contribution in [0.2, 0.25) is 10.0 Å². The van der Waals surface area contributed by atoms with E-state index < -0.39 is 31.7 Å². The molecule has 1 rings (SSSR count). The molecule has 0 bridgehead atoms. The van der Waals surface area contributed by atoms with Crippen molar-refractivity contribution in [2.24, 2.45) is 0 Å². The van der Waals surface area contributed by atoms with Crippen LogP contribution in [0.25, 0.3) is 0 Å². The van der Waals surface area contributed by atoms with Gasteiger partial charge in [0.15, 0.2) is 11.6 Å². The molecule has 0 unspecified atom stereocenters. The van der Waals surface area contributed by atoms with E-state index in [4.69, 9.17) is 23.2 Å². The Morgan fingerprint density at radius 1 is 0.667 bits per heavy atom. The van der Waals surface area contributed by atoms with Gasteiger partial charge >= 0.3 is 0 Å². The van der Waals surface area contributed by atoms with Gasteiger partial charge in [-0.25, -0.2) is 28.8 Å². The van der Waals surface area contributed by atoms with Crippen molar-refractivity contribution in [1.29, 1.82) is 0 Å². The number of rotatable bonds is 2. The van der Waals surface area contributed by atoms with E-state index in [-0.39, 0.29) is 19.8 Å². The van der Waals surface area contributed by atoms with Crippen LogP contribution >= 0.6 is 43.3 Å². The Hall–Kier alpha value is 0.360. The fraction of sp³-hybridized carbons (Fsp3) is 0.500. The number of hydrogen-bond acceptors (Lipinski definition) is 0. The SMILES string of the molecule is CS(C)(C)c1c(F)c(Cl)c(S(C)(C)C)c(F)c1Cl. The summed E-state index contributed by atoms with van der Waals surface area (Å²) in [4.78, 5) is 0.443. The molecule has 1 aromatic carbocycles. The van der Waals surface area contributed by atoms with Gasteiger partial charge in [0.05, 0.1) is 10.0 Å². The first-order valence-electron chi connectivity index (χ1n) is 5.11. The maximum Gasteiger partial charge on any atom is 0.156 e. The standard InChI is InChI=1S/C12H18Cl2F2S2/c1-17(2,3)11-7(13)10(16)12(18(4,5)6)8(14)9(11)15/h1-6H3. The molecule has 6 heteroatoms. The van der Waals surface area contributed by atoms with Gasteiger partial charge in [0.25, 0.3) is 0 Å². The van der Waals surface area contributed by atoms with Crippen LogP contribution in [0.1, 0.15) is 0 Å². The molecule has 0 nitrogen and oxygen atoms in total. The lowest BCUT2D eigenvalue weighted by Gasteiger charge is -2.33. The Kier molecular flexibility index (Phi) is 4.60. The van der Waals surface area contributed by atoms with Gasteiger partial charge in [0.1, 0.15) is 0 Å². The molecule has 1 aromatic rings. The third-order valence-electron chi connectivity index (χ3n) is 2.41. The van der Waals surface area contributed by atoms with Gasteiger partial charge in [-0.3, -0.25) is 0 Å². The normalized spacial score (nSPS) is 14.8. The summed E-state index contributed by atoms with van der Waals surface area (Å²) >= 11 is 12.1. The predicted molar refractivity (Wildman–Crippen MR) is 83.6 cm³/mol. The Bertz CT molecular complexity index is 414. The maximum absolute atomic E-state index is 14.4. The molecule has 0 saturated heterocycles. The third kappa shape index (κ3) is 2.92. The molecule has 0 aliphatic heterocycles. The summed E-state index contributed by atoms with van der Waals surface area (Å²) in [6.45, 7) is 0. The van der Waals surface area contributed by atoms with Crippen LogP contribution in [-0.4, -0.2) is 37.5 Å². The molecule has 0 spiro atoms. The summed E-state index contributed by atoms with van der Waals surface area (Å²) in [5, 5.41) is -0.228. The minimum absolute atomic E-state index is 0.114. The van der Waals surface area contributed by atoms with E-state index in [0.29, 0.717) is 0 Å². The van der Waals surface area contributed by atoms with E-state index in [1.807, 2.05) is 37.5 Å². The Morgan fingerprint density at radius 3 is 1.06 bits per heavy atom. The highest BCUT2D eigenvalue weighted by Gasteiger charge is 2.30. The van der Waals surface area contributed by atoms with Gasteiger partial charge in [0.2, 0.25) is 0 Å². The molecule has 0 fully saturated rings. The fourth-order valence-corrected chi connectivity index (χ4v) is 6.06. The first-order valence-corrected chi connectivity index (χ1v) is 11.6. The second-order valence-electron chi connectivity index (χ2n) is 5.59. The zero-order chi connectivity index (χ0) is 14.5. The molecule has 0 aromatic heterocycles. The highest BCUT2D eigenvalue weighted by atomic mass is 35.5. The Morgan fingerprint density at radius 2 is 0.889 bits per heavy atom. The summed E-state index contributed by atoms with van der Waals surface area (Å²) in [6.07, 6.45) is 11.1. The first kappa shape index (κ1) is 16.4. The Labute approximate surface area is 121 Å². The van der Waals surface area contributed by atoms with E-state index in [1.54, 1.807) is 0 Å². The van der Waals surface area contributed by atoms with Crippen LogP contribution in [0.3, 0.4) is 0 Å². The predicted octanol–water partition coefficient (Wildman–Crippen LogP) is 5.38. The van der Waals surface area contributed by atoms with Crippen LogP contribution in [0.15, 0.2) is 9.79 Å². The zero-order valence-electron chi connectivity index (χ0n) is 11.3. The van der Waals surface area contributed by atoms with Gasteiger partial charge in [-0.1, -0.05) is 23.2 Å². The van der Waals surface area contributed by atoms with Crippen molar-refractivity contribution in [1.82, 2.24) is 0 Å². The molecule has 0 N–H and O–H groups in total. The summed E-state index contributed by atoms with van der Waals surface area (Å²) in [5.74, 6) is -1.13. The van der Waals surface area contributed by atoms with Crippen molar-refractivity contribution < 1.29 is 8.78 Å². The molecule has 0 heterocycles. The van der Waals surface area contributed by atoms with Crippen molar-refractivity contribution in [2.45, 2.75) is 9.79 Å². The summed E-state index contributed by atoms with van der Waals surface area (Å²) in [6, 6.07) is 0. The van der Waals surface area contributed by atoms with Crippen LogP contribution in [-0.2, 0) is 0 Å². The molecule has 0 saturated carbocycles. The minimum atomic E-state index is -1.49. The van der Waals surface area contributed by atoms with Crippen molar-refractivity contribution in [3.8, 4) is 0 Å². The maximum atomic E-state index is 14.4. The number of hydrogen-bond donors (Lipinski definition) is 0. The number of benzene rings is 1. The molecule has 0 atom stereocenters. The summed E-state index contributed by atoms with van der Waals surface area (Å²) in [5.41, 5.74) is 0. The summed E-state index contributed by atoms with van der Waals surface area (Å²) in [7, 11) is -2.99. The molecule has 106 valence electrons. The van der Waals surface area contributed by atoms with E-state index in [9.17, 15) is 8.78 Å². The first-order chi connectivity index (χ1) is 7.89. The molecule has 18 heavy (non-hydrogen) atoms. The topological polar surface area (TPSA) is 0 Å². The van der Waals surface area contributed by atoms with Crippen LogP contribution in [0.4, 0.5) is 8.78 Å². The molecule has 0 radical (unpaired) electrons. The lowest BCUT2D eigenvalue weighted by Crippen LogP contribution is -2.07. The van der Waals surface area contributed by atoms with E-state index >= 15 is 0 Å². The zero-order valence-corrected chi connectivity index (χ0v) is 14.5. The van der Waals surface area contributed by atoms with E-state index in [2.05, 4.69) is 0 Å². The van der Waals surface area contributed by atoms with E-state index in [1.165, 1.54) is 0 Å². The second-order valence-corrected chi connectivity index (χ2v) is 14.5. The van der Waals surface area contributed by atoms with Crippen molar-refractivity contribution >= 4 is 43.3 Å². The monoisotopic (exact) mass is 334 g/mol.